The van der Waals surface area contributed by atoms with E-state index in [1.807, 2.05) is 12.1 Å². The summed E-state index contributed by atoms with van der Waals surface area (Å²) in [5.41, 5.74) is 7.76. The van der Waals surface area contributed by atoms with E-state index in [-0.39, 0.29) is 11.9 Å². The van der Waals surface area contributed by atoms with Crippen molar-refractivity contribution in [2.24, 2.45) is 0 Å². The third-order valence-electron chi connectivity index (χ3n) is 11.6. The summed E-state index contributed by atoms with van der Waals surface area (Å²) in [7, 11) is 2.96. The van der Waals surface area contributed by atoms with Crippen molar-refractivity contribution >= 4 is 33.7 Å². The maximum atomic E-state index is 14.7. The van der Waals surface area contributed by atoms with Crippen molar-refractivity contribution in [1.29, 1.82) is 0 Å². The highest BCUT2D eigenvalue weighted by Gasteiger charge is 2.53. The molecule has 0 aliphatic carbocycles. The van der Waals surface area contributed by atoms with Gasteiger partial charge in [-0.25, -0.2) is 4.79 Å². The molecule has 0 unspecified atom stereocenters. The number of aromatic amines is 1. The smallest absolute Gasteiger partial charge is 0.338 e. The van der Waals surface area contributed by atoms with Crippen LogP contribution in [0.1, 0.15) is 80.8 Å². The Morgan fingerprint density at radius 3 is 2.08 bits per heavy atom. The Morgan fingerprint density at radius 2 is 1.44 bits per heavy atom. The maximum absolute atomic E-state index is 14.7. The monoisotopic (exact) mass is 676 g/mol. The second-order valence-corrected chi connectivity index (χ2v) is 14.3. The van der Waals surface area contributed by atoms with Gasteiger partial charge in [0.05, 0.1) is 25.8 Å². The van der Waals surface area contributed by atoms with Gasteiger partial charge in [-0.2, -0.15) is 0 Å². The van der Waals surface area contributed by atoms with Crippen LogP contribution in [-0.2, 0) is 37.4 Å². The van der Waals surface area contributed by atoms with Crippen LogP contribution in [0, 0.1) is 0 Å². The van der Waals surface area contributed by atoms with Crippen molar-refractivity contribution in [2.75, 3.05) is 53.5 Å². The van der Waals surface area contributed by atoms with Gasteiger partial charge in [-0.3, -0.25) is 14.6 Å². The third kappa shape index (κ3) is 6.00. The number of para-hydroxylation sites is 2. The molecule has 8 heteroatoms. The Morgan fingerprint density at radius 1 is 0.820 bits per heavy atom. The molecule has 7 rings (SSSR count). The minimum Gasteiger partial charge on any atom is -0.469 e. The van der Waals surface area contributed by atoms with Crippen LogP contribution in [0.15, 0.2) is 71.8 Å². The molecule has 0 saturated heterocycles. The van der Waals surface area contributed by atoms with E-state index in [1.165, 1.54) is 25.4 Å². The average molecular weight is 677 g/mol. The number of nitrogens with one attached hydrogen (secondary N) is 1. The van der Waals surface area contributed by atoms with Gasteiger partial charge in [0.25, 0.3) is 0 Å². The fourth-order valence-corrected chi connectivity index (χ4v) is 9.05. The molecule has 50 heavy (non-hydrogen) atoms. The Labute approximate surface area is 296 Å². The van der Waals surface area contributed by atoms with Crippen LogP contribution in [0.2, 0.25) is 0 Å². The lowest BCUT2D eigenvalue weighted by molar-refractivity contribution is -0.152. The molecular formula is C42H52N4O4. The number of benzene rings is 2. The van der Waals surface area contributed by atoms with E-state index < -0.39 is 11.5 Å². The van der Waals surface area contributed by atoms with Gasteiger partial charge in [-0.05, 0) is 74.6 Å². The number of carbonyl (C=O) groups excluding carboxylic acids is 2. The summed E-state index contributed by atoms with van der Waals surface area (Å²) in [6.07, 6.45) is 11.5. The fraction of sp³-hybridized carbons (Fsp3) is 0.476. The Kier molecular flexibility index (Phi) is 10.0. The summed E-state index contributed by atoms with van der Waals surface area (Å²) in [6, 6.07) is 16.8. The number of aromatic nitrogens is 2. The topological polar surface area (TPSA) is 79.8 Å². The first-order valence-corrected chi connectivity index (χ1v) is 18.6. The Hall–Kier alpha value is -4.14. The molecule has 0 amide bonds. The number of rotatable bonds is 11. The number of carbonyl (C=O) groups is 2. The molecule has 3 aliphatic rings. The number of esters is 2. The SMILES string of the molecule is CCC1=CCCN(CCc2c([C@@]3(C(=O)OC)CC[C@@H](C(=O)OC)c4c(CCN5CCC=C(CC)C5)c5ccccc5n43)[nH]c3ccccc23)C1. The quantitative estimate of drug-likeness (QED) is 0.133. The van der Waals surface area contributed by atoms with Crippen LogP contribution in [0.3, 0.4) is 0 Å². The first-order chi connectivity index (χ1) is 24.4. The molecule has 5 heterocycles. The normalized spacial score (nSPS) is 21.6. The molecule has 0 spiro atoms. The van der Waals surface area contributed by atoms with Crippen LogP contribution >= 0.6 is 0 Å². The van der Waals surface area contributed by atoms with Crippen molar-refractivity contribution in [3.05, 3.63) is 94.3 Å². The zero-order chi connectivity index (χ0) is 34.8. The van der Waals surface area contributed by atoms with E-state index in [0.717, 1.165) is 122 Å². The number of hydrogen-bond donors (Lipinski definition) is 1. The first kappa shape index (κ1) is 34.3. The molecule has 1 N–H and O–H groups in total. The summed E-state index contributed by atoms with van der Waals surface area (Å²) in [5, 5.41) is 2.21. The number of nitrogens with zero attached hydrogens (tertiary/aromatic N) is 3. The summed E-state index contributed by atoms with van der Waals surface area (Å²) in [4.78, 5) is 37.3. The van der Waals surface area contributed by atoms with Gasteiger partial charge in [-0.1, -0.05) is 73.5 Å². The van der Waals surface area contributed by atoms with Gasteiger partial charge < -0.3 is 19.0 Å². The maximum Gasteiger partial charge on any atom is 0.338 e. The summed E-state index contributed by atoms with van der Waals surface area (Å²) in [6.45, 7) is 10.2. The van der Waals surface area contributed by atoms with E-state index in [2.05, 4.69) is 81.7 Å². The standard InChI is InChI=1S/C42H52N4O4/c1-5-29-13-11-23-44(27-29)25-20-33-32-16-8-10-18-37(32)46-38(33)35(40(47)49-3)19-22-42(46,41(48)50-4)39-34(31-15-7-9-17-36(31)43-39)21-26-45-24-12-14-30(6-2)28-45/h7-10,13-18,35,43H,5-6,11-12,19-28H2,1-4H3/t35-,42-/m1/s1. The number of fused-ring (bicyclic) bond motifs is 4. The number of H-pyrrole nitrogens is 1. The van der Waals surface area contributed by atoms with E-state index in [0.29, 0.717) is 12.8 Å². The zero-order valence-corrected chi connectivity index (χ0v) is 30.2. The summed E-state index contributed by atoms with van der Waals surface area (Å²) < 4.78 is 13.5. The van der Waals surface area contributed by atoms with Crippen LogP contribution in [-0.4, -0.2) is 84.8 Å². The van der Waals surface area contributed by atoms with Gasteiger partial charge in [0.2, 0.25) is 0 Å². The van der Waals surface area contributed by atoms with Crippen molar-refractivity contribution in [3.63, 3.8) is 0 Å². The van der Waals surface area contributed by atoms with Crippen LogP contribution in [0.4, 0.5) is 0 Å². The second kappa shape index (κ2) is 14.6. The predicted octanol–water partition coefficient (Wildman–Crippen LogP) is 7.26. The Balaban J connectivity index is 1.40. The van der Waals surface area contributed by atoms with Gasteiger partial charge in [0.1, 0.15) is 0 Å². The Bertz CT molecular complexity index is 1950. The lowest BCUT2D eigenvalue weighted by Gasteiger charge is -2.41. The molecular weight excluding hydrogens is 624 g/mol. The lowest BCUT2D eigenvalue weighted by Crippen LogP contribution is -2.49. The molecule has 8 nitrogen and oxygen atoms in total. The van der Waals surface area contributed by atoms with Crippen molar-refractivity contribution in [3.8, 4) is 0 Å². The highest BCUT2D eigenvalue weighted by molar-refractivity contribution is 5.96. The minimum absolute atomic E-state index is 0.260. The molecule has 264 valence electrons. The van der Waals surface area contributed by atoms with E-state index in [4.69, 9.17) is 9.47 Å². The zero-order valence-electron chi connectivity index (χ0n) is 30.2. The summed E-state index contributed by atoms with van der Waals surface area (Å²) in [5.74, 6) is -1.07. The van der Waals surface area contributed by atoms with Crippen LogP contribution < -0.4 is 0 Å². The van der Waals surface area contributed by atoms with Crippen LogP contribution in [0.5, 0.6) is 0 Å². The fourth-order valence-electron chi connectivity index (χ4n) is 9.05. The van der Waals surface area contributed by atoms with E-state index in [1.54, 1.807) is 0 Å². The predicted molar refractivity (Wildman–Crippen MR) is 200 cm³/mol. The van der Waals surface area contributed by atoms with Crippen molar-refractivity contribution in [1.82, 2.24) is 19.4 Å². The largest absolute Gasteiger partial charge is 0.469 e. The van der Waals surface area contributed by atoms with Gasteiger partial charge in [0.15, 0.2) is 5.54 Å². The van der Waals surface area contributed by atoms with Crippen LogP contribution in [0.25, 0.3) is 21.8 Å². The number of ether oxygens (including phenoxy) is 2. The number of methoxy groups -OCH3 is 2. The molecule has 2 atom stereocenters. The third-order valence-corrected chi connectivity index (χ3v) is 11.6. The van der Waals surface area contributed by atoms with Crippen molar-refractivity contribution in [2.45, 2.75) is 76.7 Å². The van der Waals surface area contributed by atoms with E-state index in [9.17, 15) is 9.59 Å². The average Bonchev–Trinajstić information content (AvgIpc) is 3.72. The highest BCUT2D eigenvalue weighted by Crippen LogP contribution is 2.50. The molecule has 2 aromatic heterocycles. The van der Waals surface area contributed by atoms with Gasteiger partial charge in [0, 0.05) is 66.8 Å². The van der Waals surface area contributed by atoms with E-state index >= 15 is 0 Å². The summed E-state index contributed by atoms with van der Waals surface area (Å²) >= 11 is 0. The molecule has 2 aromatic carbocycles. The lowest BCUT2D eigenvalue weighted by atomic mass is 9.77. The van der Waals surface area contributed by atoms with Gasteiger partial charge in [-0.15, -0.1) is 0 Å². The minimum atomic E-state index is -1.19. The molecule has 0 radical (unpaired) electrons. The van der Waals surface area contributed by atoms with Gasteiger partial charge >= 0.3 is 11.9 Å². The molecule has 4 aromatic rings. The molecule has 0 bridgehead atoms. The number of hydrogen-bond acceptors (Lipinski definition) is 6. The molecule has 0 saturated carbocycles. The first-order valence-electron chi connectivity index (χ1n) is 18.6. The molecule has 0 fully saturated rings. The highest BCUT2D eigenvalue weighted by atomic mass is 16.5. The van der Waals surface area contributed by atoms with Crippen molar-refractivity contribution < 1.29 is 19.1 Å². The second-order valence-electron chi connectivity index (χ2n) is 14.3. The molecule has 3 aliphatic heterocycles.